The van der Waals surface area contributed by atoms with Crippen LogP contribution in [0.1, 0.15) is 27.6 Å². The van der Waals surface area contributed by atoms with Crippen molar-refractivity contribution >= 4 is 17.3 Å². The van der Waals surface area contributed by atoms with Crippen LogP contribution in [0.3, 0.4) is 0 Å². The summed E-state index contributed by atoms with van der Waals surface area (Å²) in [5, 5.41) is 10.5. The fraction of sp³-hybridized carbons (Fsp3) is 0.0909. The minimum absolute atomic E-state index is 0.102. The van der Waals surface area contributed by atoms with Crippen molar-refractivity contribution in [3.63, 3.8) is 0 Å². The standard InChI is InChI=1S/C11H7NO4/c1-6-4-10(13)9-5-7(12(15)16)2-3-8(9)11(6)14/h2-5H,1H3. The Bertz CT molecular complexity index is 557. The number of carbonyl (C=O) groups excluding carboxylic acids is 2. The summed E-state index contributed by atoms with van der Waals surface area (Å²) in [6, 6.07) is 3.69. The molecule has 1 aliphatic rings. The summed E-state index contributed by atoms with van der Waals surface area (Å²) in [6.07, 6.45) is 1.20. The van der Waals surface area contributed by atoms with Crippen LogP contribution in [-0.4, -0.2) is 16.5 Å². The molecule has 0 N–H and O–H groups in total. The number of non-ortho nitro benzene ring substituents is 1. The Hall–Kier alpha value is -2.30. The van der Waals surface area contributed by atoms with Gasteiger partial charge < -0.3 is 0 Å². The van der Waals surface area contributed by atoms with Crippen molar-refractivity contribution in [3.8, 4) is 0 Å². The molecule has 0 heterocycles. The molecule has 5 nitrogen and oxygen atoms in total. The summed E-state index contributed by atoms with van der Waals surface area (Å²) in [4.78, 5) is 33.2. The van der Waals surface area contributed by atoms with Gasteiger partial charge in [-0.25, -0.2) is 0 Å². The first-order chi connectivity index (χ1) is 7.50. The Labute approximate surface area is 90.5 Å². The molecule has 0 unspecified atom stereocenters. The van der Waals surface area contributed by atoms with E-state index in [4.69, 9.17) is 0 Å². The predicted octanol–water partition coefficient (Wildman–Crippen LogP) is 1.92. The van der Waals surface area contributed by atoms with E-state index in [0.717, 1.165) is 6.07 Å². The highest BCUT2D eigenvalue weighted by molar-refractivity contribution is 6.24. The van der Waals surface area contributed by atoms with Gasteiger partial charge in [0, 0.05) is 28.8 Å². The molecule has 1 aromatic rings. The molecule has 0 saturated carbocycles. The minimum atomic E-state index is -0.594. The van der Waals surface area contributed by atoms with Crippen LogP contribution in [0.25, 0.3) is 0 Å². The Balaban J connectivity index is 2.64. The second-order valence-corrected chi connectivity index (χ2v) is 3.51. The molecule has 80 valence electrons. The number of nitro benzene ring substituents is 1. The van der Waals surface area contributed by atoms with E-state index < -0.39 is 4.92 Å². The maximum Gasteiger partial charge on any atom is 0.270 e. The molecule has 0 spiro atoms. The highest BCUT2D eigenvalue weighted by Crippen LogP contribution is 2.24. The molecule has 0 atom stereocenters. The Kier molecular flexibility index (Phi) is 2.16. The molecule has 0 radical (unpaired) electrons. The van der Waals surface area contributed by atoms with E-state index in [1.54, 1.807) is 6.92 Å². The van der Waals surface area contributed by atoms with Gasteiger partial charge in [-0.2, -0.15) is 0 Å². The van der Waals surface area contributed by atoms with Crippen molar-refractivity contribution in [1.82, 2.24) is 0 Å². The van der Waals surface area contributed by atoms with Gasteiger partial charge in [-0.3, -0.25) is 19.7 Å². The van der Waals surface area contributed by atoms with Crippen molar-refractivity contribution in [3.05, 3.63) is 51.1 Å². The number of benzene rings is 1. The smallest absolute Gasteiger partial charge is 0.270 e. The van der Waals surface area contributed by atoms with Gasteiger partial charge in [-0.15, -0.1) is 0 Å². The lowest BCUT2D eigenvalue weighted by Gasteiger charge is -2.11. The fourth-order valence-corrected chi connectivity index (χ4v) is 1.60. The molecular weight excluding hydrogens is 210 g/mol. The number of ketones is 2. The third kappa shape index (κ3) is 1.42. The highest BCUT2D eigenvalue weighted by Gasteiger charge is 2.25. The number of nitrogens with zero attached hydrogens (tertiary/aromatic N) is 1. The first kappa shape index (κ1) is 10.2. The quantitative estimate of drug-likeness (QED) is 0.531. The lowest BCUT2D eigenvalue weighted by atomic mass is 9.90. The number of hydrogen-bond acceptors (Lipinski definition) is 4. The van der Waals surface area contributed by atoms with E-state index in [0.29, 0.717) is 5.57 Å². The third-order valence-electron chi connectivity index (χ3n) is 2.43. The van der Waals surface area contributed by atoms with Gasteiger partial charge in [0.15, 0.2) is 11.6 Å². The topological polar surface area (TPSA) is 77.3 Å². The average molecular weight is 217 g/mol. The zero-order chi connectivity index (χ0) is 11.9. The van der Waals surface area contributed by atoms with E-state index in [1.807, 2.05) is 0 Å². The lowest BCUT2D eigenvalue weighted by Crippen LogP contribution is -2.15. The SMILES string of the molecule is CC1=CC(=O)c2cc([N+](=O)[O-])ccc2C1=O. The molecule has 0 aromatic heterocycles. The maximum absolute atomic E-state index is 11.7. The van der Waals surface area contributed by atoms with Crippen molar-refractivity contribution in [2.75, 3.05) is 0 Å². The van der Waals surface area contributed by atoms with Gasteiger partial charge in [-0.05, 0) is 19.1 Å². The molecule has 1 aromatic carbocycles. The number of nitro groups is 1. The van der Waals surface area contributed by atoms with Crippen LogP contribution in [0.5, 0.6) is 0 Å². The molecule has 1 aliphatic carbocycles. The lowest BCUT2D eigenvalue weighted by molar-refractivity contribution is -0.384. The number of rotatable bonds is 1. The number of Topliss-reactive ketones (excluding diaryl/α,β-unsaturated/α-hetero) is 1. The highest BCUT2D eigenvalue weighted by atomic mass is 16.6. The van der Waals surface area contributed by atoms with E-state index in [-0.39, 0.29) is 28.4 Å². The molecule has 0 fully saturated rings. The third-order valence-corrected chi connectivity index (χ3v) is 2.43. The van der Waals surface area contributed by atoms with Crippen molar-refractivity contribution in [2.24, 2.45) is 0 Å². The molecule has 2 rings (SSSR count). The van der Waals surface area contributed by atoms with Crippen molar-refractivity contribution < 1.29 is 14.5 Å². The van der Waals surface area contributed by atoms with Gasteiger partial charge in [0.05, 0.1) is 4.92 Å². The predicted molar refractivity (Wildman–Crippen MR) is 55.5 cm³/mol. The number of allylic oxidation sites excluding steroid dienone is 2. The second kappa shape index (κ2) is 3.37. The fourth-order valence-electron chi connectivity index (χ4n) is 1.60. The van der Waals surface area contributed by atoms with Gasteiger partial charge in [0.2, 0.25) is 0 Å². The summed E-state index contributed by atoms with van der Waals surface area (Å²) >= 11 is 0. The Morgan fingerprint density at radius 2 is 1.88 bits per heavy atom. The van der Waals surface area contributed by atoms with Crippen molar-refractivity contribution in [2.45, 2.75) is 6.92 Å². The zero-order valence-electron chi connectivity index (χ0n) is 8.39. The summed E-state index contributed by atoms with van der Waals surface area (Å²) in [6.45, 7) is 1.55. The first-order valence-electron chi connectivity index (χ1n) is 4.56. The van der Waals surface area contributed by atoms with Crippen LogP contribution < -0.4 is 0 Å². The molecule has 0 saturated heterocycles. The van der Waals surface area contributed by atoms with E-state index >= 15 is 0 Å². The maximum atomic E-state index is 11.7. The van der Waals surface area contributed by atoms with Crippen LogP contribution in [0.2, 0.25) is 0 Å². The molecule has 0 bridgehead atoms. The Morgan fingerprint density at radius 1 is 1.19 bits per heavy atom. The van der Waals surface area contributed by atoms with Crippen LogP contribution >= 0.6 is 0 Å². The van der Waals surface area contributed by atoms with E-state index in [9.17, 15) is 19.7 Å². The van der Waals surface area contributed by atoms with Gasteiger partial charge in [0.25, 0.3) is 5.69 Å². The van der Waals surface area contributed by atoms with Crippen LogP contribution in [-0.2, 0) is 0 Å². The number of carbonyl (C=O) groups is 2. The normalized spacial score (nSPS) is 14.4. The summed E-state index contributed by atoms with van der Waals surface area (Å²) in [5.74, 6) is -0.625. The molecule has 5 heteroatoms. The van der Waals surface area contributed by atoms with Gasteiger partial charge in [-0.1, -0.05) is 0 Å². The Morgan fingerprint density at radius 3 is 2.50 bits per heavy atom. The van der Waals surface area contributed by atoms with Gasteiger partial charge in [0.1, 0.15) is 0 Å². The van der Waals surface area contributed by atoms with Crippen LogP contribution in [0.15, 0.2) is 29.8 Å². The molecular formula is C11H7NO4. The summed E-state index contributed by atoms with van der Waals surface area (Å²) in [7, 11) is 0. The number of fused-ring (bicyclic) bond motifs is 1. The van der Waals surface area contributed by atoms with Crippen molar-refractivity contribution in [1.29, 1.82) is 0 Å². The largest absolute Gasteiger partial charge is 0.289 e. The molecule has 16 heavy (non-hydrogen) atoms. The van der Waals surface area contributed by atoms with E-state index in [2.05, 4.69) is 0 Å². The molecule has 0 amide bonds. The number of hydrogen-bond donors (Lipinski definition) is 0. The summed E-state index contributed by atoms with van der Waals surface area (Å²) < 4.78 is 0. The first-order valence-corrected chi connectivity index (χ1v) is 4.56. The molecule has 0 aliphatic heterocycles. The van der Waals surface area contributed by atoms with Crippen LogP contribution in [0.4, 0.5) is 5.69 Å². The van der Waals surface area contributed by atoms with Gasteiger partial charge >= 0.3 is 0 Å². The average Bonchev–Trinajstić information content (AvgIpc) is 2.25. The van der Waals surface area contributed by atoms with Crippen LogP contribution in [0, 0.1) is 10.1 Å². The zero-order valence-corrected chi connectivity index (χ0v) is 8.39. The minimum Gasteiger partial charge on any atom is -0.289 e. The summed E-state index contributed by atoms with van der Waals surface area (Å²) in [5.41, 5.74) is 0.500. The monoisotopic (exact) mass is 217 g/mol. The van der Waals surface area contributed by atoms with E-state index in [1.165, 1.54) is 18.2 Å². The second-order valence-electron chi connectivity index (χ2n) is 3.51.